The Kier molecular flexibility index (Phi) is 7.00. The summed E-state index contributed by atoms with van der Waals surface area (Å²) >= 11 is 0. The number of hydrogen-bond acceptors (Lipinski definition) is 5. The van der Waals surface area contributed by atoms with E-state index >= 15 is 0 Å². The smallest absolute Gasteiger partial charge is 0.253 e. The minimum absolute atomic E-state index is 0.240. The van der Waals surface area contributed by atoms with Crippen molar-refractivity contribution in [2.24, 2.45) is 0 Å². The van der Waals surface area contributed by atoms with Gasteiger partial charge in [0.25, 0.3) is 5.91 Å². The summed E-state index contributed by atoms with van der Waals surface area (Å²) in [6, 6.07) is 16.8. The van der Waals surface area contributed by atoms with Crippen LogP contribution in [0.5, 0.6) is 11.5 Å². The molecule has 0 aliphatic heterocycles. The molecule has 0 unspecified atom stereocenters. The fraction of sp³-hybridized carbons (Fsp3) is 0.182. The zero-order chi connectivity index (χ0) is 20.5. The number of anilines is 1. The number of ether oxygens (including phenoxy) is 2. The van der Waals surface area contributed by atoms with Crippen LogP contribution in [0.15, 0.2) is 66.9 Å². The second kappa shape index (κ2) is 10.1. The highest BCUT2D eigenvalue weighted by molar-refractivity contribution is 5.94. The molecule has 0 fully saturated rings. The number of benzene rings is 2. The van der Waals surface area contributed by atoms with Crippen LogP contribution >= 0.6 is 0 Å². The topological polar surface area (TPSA) is 72.5 Å². The van der Waals surface area contributed by atoms with E-state index in [0.29, 0.717) is 31.1 Å². The first-order chi connectivity index (χ1) is 14.1. The van der Waals surface area contributed by atoms with Gasteiger partial charge < -0.3 is 20.1 Å². The summed E-state index contributed by atoms with van der Waals surface area (Å²) in [5.41, 5.74) is 1.27. The van der Waals surface area contributed by atoms with Gasteiger partial charge in [-0.25, -0.2) is 9.37 Å². The summed E-state index contributed by atoms with van der Waals surface area (Å²) in [5, 5.41) is 5.92. The van der Waals surface area contributed by atoms with E-state index in [-0.39, 0.29) is 11.7 Å². The molecule has 2 aromatic carbocycles. The molecule has 0 atom stereocenters. The van der Waals surface area contributed by atoms with Gasteiger partial charge in [0.15, 0.2) is 0 Å². The number of nitrogens with one attached hydrogen (secondary N) is 2. The lowest BCUT2D eigenvalue weighted by molar-refractivity contribution is 0.0950. The molecule has 29 heavy (non-hydrogen) atoms. The van der Waals surface area contributed by atoms with Gasteiger partial charge in [-0.05, 0) is 54.1 Å². The Bertz CT molecular complexity index is 914. The van der Waals surface area contributed by atoms with E-state index < -0.39 is 0 Å². The van der Waals surface area contributed by atoms with Crippen LogP contribution in [-0.4, -0.2) is 31.2 Å². The SMILES string of the molecule is COc1ccc(OCCNc2ccc(C(=O)NCc3ccc(F)cc3)cn2)cc1. The van der Waals surface area contributed by atoms with Crippen LogP contribution < -0.4 is 20.1 Å². The van der Waals surface area contributed by atoms with Crippen molar-refractivity contribution < 1.29 is 18.7 Å². The van der Waals surface area contributed by atoms with Crippen LogP contribution in [0.2, 0.25) is 0 Å². The largest absolute Gasteiger partial charge is 0.497 e. The lowest BCUT2D eigenvalue weighted by atomic mass is 10.2. The summed E-state index contributed by atoms with van der Waals surface area (Å²) in [6.07, 6.45) is 1.51. The molecule has 0 saturated heterocycles. The molecule has 2 N–H and O–H groups in total. The Morgan fingerprint density at radius 1 is 1.00 bits per heavy atom. The monoisotopic (exact) mass is 395 g/mol. The third kappa shape index (κ3) is 6.21. The Balaban J connectivity index is 1.40. The second-order valence-corrected chi connectivity index (χ2v) is 6.19. The van der Waals surface area contributed by atoms with Crippen LogP contribution in [0.3, 0.4) is 0 Å². The van der Waals surface area contributed by atoms with Crippen molar-refractivity contribution in [1.82, 2.24) is 10.3 Å². The van der Waals surface area contributed by atoms with Gasteiger partial charge in [0.1, 0.15) is 29.7 Å². The number of halogens is 1. The molecule has 7 heteroatoms. The first-order valence-electron chi connectivity index (χ1n) is 9.13. The number of aromatic nitrogens is 1. The molecule has 0 aliphatic carbocycles. The molecule has 1 aromatic heterocycles. The van der Waals surface area contributed by atoms with E-state index in [1.807, 2.05) is 24.3 Å². The quantitative estimate of drug-likeness (QED) is 0.541. The van der Waals surface area contributed by atoms with Crippen LogP contribution in [0.25, 0.3) is 0 Å². The highest BCUT2D eigenvalue weighted by atomic mass is 19.1. The van der Waals surface area contributed by atoms with Crippen molar-refractivity contribution in [1.29, 1.82) is 0 Å². The number of pyridine rings is 1. The van der Waals surface area contributed by atoms with E-state index in [1.54, 1.807) is 31.4 Å². The Hall–Kier alpha value is -3.61. The maximum Gasteiger partial charge on any atom is 0.253 e. The lowest BCUT2D eigenvalue weighted by Gasteiger charge is -2.09. The minimum Gasteiger partial charge on any atom is -0.497 e. The molecule has 3 aromatic rings. The zero-order valence-electron chi connectivity index (χ0n) is 16.0. The number of amides is 1. The third-order valence-electron chi connectivity index (χ3n) is 4.13. The van der Waals surface area contributed by atoms with E-state index in [2.05, 4.69) is 15.6 Å². The molecule has 150 valence electrons. The average molecular weight is 395 g/mol. The first-order valence-corrected chi connectivity index (χ1v) is 9.13. The number of nitrogens with zero attached hydrogens (tertiary/aromatic N) is 1. The number of methoxy groups -OCH3 is 1. The van der Waals surface area contributed by atoms with Crippen molar-refractivity contribution >= 4 is 11.7 Å². The molecule has 0 bridgehead atoms. The highest BCUT2D eigenvalue weighted by Crippen LogP contribution is 2.16. The Morgan fingerprint density at radius 3 is 2.38 bits per heavy atom. The van der Waals surface area contributed by atoms with Crippen LogP contribution in [0, 0.1) is 5.82 Å². The molecule has 1 amide bonds. The molecule has 0 radical (unpaired) electrons. The van der Waals surface area contributed by atoms with Crippen molar-refractivity contribution in [2.75, 3.05) is 25.6 Å². The molecular weight excluding hydrogens is 373 g/mol. The average Bonchev–Trinajstić information content (AvgIpc) is 2.77. The summed E-state index contributed by atoms with van der Waals surface area (Å²) < 4.78 is 23.6. The Morgan fingerprint density at radius 2 is 1.72 bits per heavy atom. The normalized spacial score (nSPS) is 10.3. The number of rotatable bonds is 9. The molecule has 0 saturated carbocycles. The molecule has 1 heterocycles. The standard InChI is InChI=1S/C22H22FN3O3/c1-28-19-7-9-20(10-8-19)29-13-12-24-21-11-4-17(15-25-21)22(27)26-14-16-2-5-18(23)6-3-16/h2-11,15H,12-14H2,1H3,(H,24,25)(H,26,27). The van der Waals surface area contributed by atoms with Gasteiger partial charge >= 0.3 is 0 Å². The number of hydrogen-bond donors (Lipinski definition) is 2. The van der Waals surface area contributed by atoms with Crippen LogP contribution in [0.1, 0.15) is 15.9 Å². The number of carbonyl (C=O) groups is 1. The van der Waals surface area contributed by atoms with Crippen molar-refractivity contribution in [3.63, 3.8) is 0 Å². The maximum atomic E-state index is 12.9. The molecule has 0 aliphatic rings. The summed E-state index contributed by atoms with van der Waals surface area (Å²) in [5.74, 6) is 1.64. The van der Waals surface area contributed by atoms with E-state index in [0.717, 1.165) is 17.1 Å². The maximum absolute atomic E-state index is 12.9. The molecule has 3 rings (SSSR count). The zero-order valence-corrected chi connectivity index (χ0v) is 16.0. The fourth-order valence-electron chi connectivity index (χ4n) is 2.54. The summed E-state index contributed by atoms with van der Waals surface area (Å²) in [6.45, 7) is 1.35. The van der Waals surface area contributed by atoms with E-state index in [9.17, 15) is 9.18 Å². The number of carbonyl (C=O) groups excluding carboxylic acids is 1. The molecular formula is C22H22FN3O3. The van der Waals surface area contributed by atoms with Gasteiger partial charge in [-0.15, -0.1) is 0 Å². The van der Waals surface area contributed by atoms with E-state index in [1.165, 1.54) is 18.3 Å². The molecule has 0 spiro atoms. The summed E-state index contributed by atoms with van der Waals surface area (Å²) in [7, 11) is 1.62. The van der Waals surface area contributed by atoms with Gasteiger partial charge in [0, 0.05) is 12.7 Å². The predicted molar refractivity (Wildman–Crippen MR) is 109 cm³/mol. The third-order valence-corrected chi connectivity index (χ3v) is 4.13. The van der Waals surface area contributed by atoms with Gasteiger partial charge in [-0.2, -0.15) is 0 Å². The predicted octanol–water partition coefficient (Wildman–Crippen LogP) is 3.65. The minimum atomic E-state index is -0.304. The van der Waals surface area contributed by atoms with Crippen molar-refractivity contribution in [3.8, 4) is 11.5 Å². The Labute approximate surface area is 168 Å². The fourth-order valence-corrected chi connectivity index (χ4v) is 2.54. The first kappa shape index (κ1) is 20.1. The van der Waals surface area contributed by atoms with Crippen LogP contribution in [0.4, 0.5) is 10.2 Å². The lowest BCUT2D eigenvalue weighted by Crippen LogP contribution is -2.23. The van der Waals surface area contributed by atoms with Crippen molar-refractivity contribution in [3.05, 3.63) is 83.8 Å². The summed E-state index contributed by atoms with van der Waals surface area (Å²) in [4.78, 5) is 16.4. The van der Waals surface area contributed by atoms with Gasteiger partial charge in [0.05, 0.1) is 19.2 Å². The van der Waals surface area contributed by atoms with E-state index in [4.69, 9.17) is 9.47 Å². The molecule has 6 nitrogen and oxygen atoms in total. The van der Waals surface area contributed by atoms with Gasteiger partial charge in [-0.1, -0.05) is 12.1 Å². The van der Waals surface area contributed by atoms with Gasteiger partial charge in [-0.3, -0.25) is 4.79 Å². The second-order valence-electron chi connectivity index (χ2n) is 6.19. The highest BCUT2D eigenvalue weighted by Gasteiger charge is 2.06. The van der Waals surface area contributed by atoms with Crippen LogP contribution in [-0.2, 0) is 6.54 Å². The van der Waals surface area contributed by atoms with Gasteiger partial charge in [0.2, 0.25) is 0 Å². The van der Waals surface area contributed by atoms with Crippen molar-refractivity contribution in [2.45, 2.75) is 6.54 Å².